The minimum absolute atomic E-state index is 0.0251. The zero-order chi connectivity index (χ0) is 23.2. The summed E-state index contributed by atoms with van der Waals surface area (Å²) in [6.07, 6.45) is 2.16. The van der Waals surface area contributed by atoms with Gasteiger partial charge in [0.1, 0.15) is 18.1 Å². The van der Waals surface area contributed by atoms with Gasteiger partial charge in [0.15, 0.2) is 11.6 Å². The largest absolute Gasteiger partial charge is 0.490 e. The van der Waals surface area contributed by atoms with Gasteiger partial charge in [-0.2, -0.15) is 0 Å². The maximum atomic E-state index is 13.1. The van der Waals surface area contributed by atoms with Gasteiger partial charge in [0.05, 0.1) is 0 Å². The summed E-state index contributed by atoms with van der Waals surface area (Å²) in [7, 11) is 1.81. The van der Waals surface area contributed by atoms with E-state index in [0.717, 1.165) is 11.3 Å². The van der Waals surface area contributed by atoms with Crippen LogP contribution in [0.2, 0.25) is 0 Å². The molecule has 0 bridgehead atoms. The lowest BCUT2D eigenvalue weighted by molar-refractivity contribution is -0.132. The van der Waals surface area contributed by atoms with E-state index in [0.29, 0.717) is 44.1 Å². The molecule has 0 unspecified atom stereocenters. The quantitative estimate of drug-likeness (QED) is 0.548. The third-order valence-electron chi connectivity index (χ3n) is 5.95. The number of carbonyl (C=O) groups is 2. The Labute approximate surface area is 194 Å². The number of piperidine rings is 1. The molecule has 2 aromatic carbocycles. The molecule has 0 spiro atoms. The molecular weight excluding hydrogens is 418 g/mol. The Kier molecular flexibility index (Phi) is 7.07. The number of amides is 2. The summed E-state index contributed by atoms with van der Waals surface area (Å²) in [5.74, 6) is 0.929. The molecule has 2 heterocycles. The first-order valence-corrected chi connectivity index (χ1v) is 11.2. The molecule has 0 N–H and O–H groups in total. The molecule has 2 atom stereocenters. The van der Waals surface area contributed by atoms with Crippen LogP contribution in [0, 0.1) is 12.8 Å². The smallest absolute Gasteiger partial charge is 0.275 e. The fourth-order valence-electron chi connectivity index (χ4n) is 4.17. The minimum Gasteiger partial charge on any atom is -0.490 e. The zero-order valence-corrected chi connectivity index (χ0v) is 19.0. The average Bonchev–Trinajstić information content (AvgIpc) is 3.27. The van der Waals surface area contributed by atoms with Gasteiger partial charge in [-0.25, -0.2) is 4.98 Å². The lowest BCUT2D eigenvalue weighted by atomic mass is 9.90. The van der Waals surface area contributed by atoms with Crippen LogP contribution in [-0.4, -0.2) is 52.8 Å². The predicted octanol–water partition coefficient (Wildman–Crippen LogP) is 3.94. The van der Waals surface area contributed by atoms with Gasteiger partial charge in [-0.05, 0) is 17.7 Å². The fraction of sp³-hybridized carbons (Fsp3) is 0.346. The van der Waals surface area contributed by atoms with Crippen LogP contribution in [0.15, 0.2) is 71.3 Å². The van der Waals surface area contributed by atoms with Crippen molar-refractivity contribution in [3.05, 3.63) is 84.1 Å². The normalized spacial score (nSPS) is 18.1. The van der Waals surface area contributed by atoms with E-state index in [-0.39, 0.29) is 23.8 Å². The molecule has 0 aliphatic carbocycles. The maximum Gasteiger partial charge on any atom is 0.275 e. The molecule has 2 amide bonds. The van der Waals surface area contributed by atoms with Gasteiger partial charge in [-0.15, -0.1) is 0 Å². The van der Waals surface area contributed by atoms with Gasteiger partial charge < -0.3 is 19.0 Å². The lowest BCUT2D eigenvalue weighted by Gasteiger charge is -2.38. The summed E-state index contributed by atoms with van der Waals surface area (Å²) < 4.78 is 11.5. The van der Waals surface area contributed by atoms with Crippen molar-refractivity contribution >= 4 is 11.8 Å². The summed E-state index contributed by atoms with van der Waals surface area (Å²) in [4.78, 5) is 33.7. The van der Waals surface area contributed by atoms with Gasteiger partial charge in [0.2, 0.25) is 5.91 Å². The molecule has 1 aliphatic heterocycles. The van der Waals surface area contributed by atoms with E-state index in [1.54, 1.807) is 16.7 Å². The average molecular weight is 448 g/mol. The van der Waals surface area contributed by atoms with Crippen molar-refractivity contribution < 1.29 is 18.7 Å². The predicted molar refractivity (Wildman–Crippen MR) is 124 cm³/mol. The number of oxazole rings is 1. The van der Waals surface area contributed by atoms with E-state index in [1.807, 2.05) is 67.7 Å². The molecule has 4 rings (SSSR count). The van der Waals surface area contributed by atoms with Gasteiger partial charge >= 0.3 is 0 Å². The molecular formula is C26H29N3O4. The second-order valence-electron chi connectivity index (χ2n) is 8.46. The summed E-state index contributed by atoms with van der Waals surface area (Å²) in [6, 6.07) is 19.5. The Balaban J connectivity index is 1.46. The van der Waals surface area contributed by atoms with Crippen molar-refractivity contribution in [3.8, 4) is 5.75 Å². The van der Waals surface area contributed by atoms with E-state index in [1.165, 1.54) is 6.26 Å². The van der Waals surface area contributed by atoms with Crippen LogP contribution in [0.4, 0.5) is 0 Å². The zero-order valence-electron chi connectivity index (χ0n) is 19.0. The van der Waals surface area contributed by atoms with Crippen LogP contribution in [0.5, 0.6) is 5.75 Å². The van der Waals surface area contributed by atoms with E-state index in [9.17, 15) is 9.59 Å². The molecule has 1 fully saturated rings. The maximum absolute atomic E-state index is 13.1. The van der Waals surface area contributed by atoms with E-state index in [2.05, 4.69) is 4.98 Å². The molecule has 0 saturated carbocycles. The van der Waals surface area contributed by atoms with E-state index in [4.69, 9.17) is 9.15 Å². The van der Waals surface area contributed by atoms with Crippen LogP contribution in [0.1, 0.15) is 34.8 Å². The van der Waals surface area contributed by atoms with Crippen molar-refractivity contribution in [2.75, 3.05) is 20.1 Å². The Morgan fingerprint density at radius 2 is 1.82 bits per heavy atom. The first kappa shape index (κ1) is 22.6. The summed E-state index contributed by atoms with van der Waals surface area (Å²) in [5, 5.41) is 0. The highest BCUT2D eigenvalue weighted by Crippen LogP contribution is 2.27. The van der Waals surface area contributed by atoms with Crippen LogP contribution < -0.4 is 4.74 Å². The van der Waals surface area contributed by atoms with E-state index < -0.39 is 0 Å². The number of nitrogens with zero attached hydrogens (tertiary/aromatic N) is 3. The number of likely N-dealkylation sites (tertiary alicyclic amines) is 1. The SMILES string of the molecule is Cc1nc(C(=O)N2CC[C@H](Oc3ccccc3)[C@@H](CC(=O)N(C)Cc3ccccc3)C2)co1. The van der Waals surface area contributed by atoms with Gasteiger partial charge in [-0.1, -0.05) is 48.5 Å². The number of aryl methyl sites for hydroxylation is 1. The van der Waals surface area contributed by atoms with E-state index >= 15 is 0 Å². The molecule has 0 radical (unpaired) electrons. The number of para-hydroxylation sites is 1. The third kappa shape index (κ3) is 5.80. The molecule has 1 aliphatic rings. The summed E-state index contributed by atoms with van der Waals surface area (Å²) >= 11 is 0. The molecule has 1 aromatic heterocycles. The molecule has 172 valence electrons. The van der Waals surface area contributed by atoms with Crippen molar-refractivity contribution in [1.29, 1.82) is 0 Å². The van der Waals surface area contributed by atoms with Gasteiger partial charge in [-0.3, -0.25) is 9.59 Å². The number of aromatic nitrogens is 1. The second kappa shape index (κ2) is 10.3. The van der Waals surface area contributed by atoms with Crippen LogP contribution in [0.3, 0.4) is 0 Å². The van der Waals surface area contributed by atoms with Crippen molar-refractivity contribution in [3.63, 3.8) is 0 Å². The number of rotatable bonds is 7. The fourth-order valence-corrected chi connectivity index (χ4v) is 4.17. The van der Waals surface area contributed by atoms with Crippen molar-refractivity contribution in [2.45, 2.75) is 32.4 Å². The Morgan fingerprint density at radius 3 is 2.48 bits per heavy atom. The molecule has 33 heavy (non-hydrogen) atoms. The lowest BCUT2D eigenvalue weighted by Crippen LogP contribution is -2.49. The molecule has 1 saturated heterocycles. The van der Waals surface area contributed by atoms with Crippen molar-refractivity contribution in [2.24, 2.45) is 5.92 Å². The Hall–Kier alpha value is -3.61. The highest BCUT2D eigenvalue weighted by atomic mass is 16.5. The third-order valence-corrected chi connectivity index (χ3v) is 5.95. The molecule has 3 aromatic rings. The number of hydrogen-bond acceptors (Lipinski definition) is 5. The van der Waals surface area contributed by atoms with Crippen LogP contribution in [0.25, 0.3) is 0 Å². The van der Waals surface area contributed by atoms with Crippen molar-refractivity contribution in [1.82, 2.24) is 14.8 Å². The monoisotopic (exact) mass is 447 g/mol. The topological polar surface area (TPSA) is 75.9 Å². The molecule has 7 nitrogen and oxygen atoms in total. The Morgan fingerprint density at radius 1 is 1.12 bits per heavy atom. The van der Waals surface area contributed by atoms with Gasteiger partial charge in [0.25, 0.3) is 5.91 Å². The standard InChI is InChI=1S/C26H29N3O4/c1-19-27-23(18-32-19)26(31)29-14-13-24(33-22-11-7-4-8-12-22)21(17-29)15-25(30)28(2)16-20-9-5-3-6-10-20/h3-12,18,21,24H,13-17H2,1-2H3/t21-,24-/m0/s1. The number of benzene rings is 2. The second-order valence-corrected chi connectivity index (χ2v) is 8.46. The summed E-state index contributed by atoms with van der Waals surface area (Å²) in [6.45, 7) is 3.21. The molecule has 7 heteroatoms. The first-order chi connectivity index (χ1) is 16.0. The van der Waals surface area contributed by atoms with Gasteiger partial charge in [0, 0.05) is 52.4 Å². The van der Waals surface area contributed by atoms with Crippen LogP contribution in [-0.2, 0) is 11.3 Å². The van der Waals surface area contributed by atoms with Crippen LogP contribution >= 0.6 is 0 Å². The highest BCUT2D eigenvalue weighted by Gasteiger charge is 2.36. The Bertz CT molecular complexity index is 1070. The first-order valence-electron chi connectivity index (χ1n) is 11.2. The minimum atomic E-state index is -0.180. The number of hydrogen-bond donors (Lipinski definition) is 0. The highest BCUT2D eigenvalue weighted by molar-refractivity contribution is 5.92. The number of ether oxygens (including phenoxy) is 1. The summed E-state index contributed by atoms with van der Waals surface area (Å²) in [5.41, 5.74) is 1.37. The number of carbonyl (C=O) groups excluding carboxylic acids is 2.